The molecule has 5 nitrogen and oxygen atoms in total. The first-order valence-corrected chi connectivity index (χ1v) is 6.92. The van der Waals surface area contributed by atoms with Gasteiger partial charge in [-0.05, 0) is 32.0 Å². The zero-order valence-electron chi connectivity index (χ0n) is 11.6. The third kappa shape index (κ3) is 2.72. The fourth-order valence-electron chi connectivity index (χ4n) is 2.40. The molecule has 0 aliphatic carbocycles. The van der Waals surface area contributed by atoms with Gasteiger partial charge in [0.15, 0.2) is 0 Å². The number of nitrogens with one attached hydrogen (secondary N) is 2. The third-order valence-electron chi connectivity index (χ3n) is 3.52. The van der Waals surface area contributed by atoms with E-state index in [0.717, 1.165) is 42.9 Å². The Hall–Kier alpha value is -2.14. The first-order valence-electron chi connectivity index (χ1n) is 6.92. The molecule has 1 aromatic carbocycles. The number of anilines is 3. The van der Waals surface area contributed by atoms with Gasteiger partial charge in [0.05, 0.1) is 5.69 Å². The lowest BCUT2D eigenvalue weighted by Crippen LogP contribution is -2.16. The molecule has 4 N–H and O–H groups in total. The first kappa shape index (κ1) is 12.9. The number of aromatic nitrogens is 2. The van der Waals surface area contributed by atoms with E-state index in [1.54, 1.807) is 0 Å². The Morgan fingerprint density at radius 3 is 2.65 bits per heavy atom. The van der Waals surface area contributed by atoms with Gasteiger partial charge in [-0.2, -0.15) is 4.98 Å². The molecule has 1 aromatic heterocycles. The molecule has 2 heterocycles. The summed E-state index contributed by atoms with van der Waals surface area (Å²) in [6, 6.07) is 8.14. The molecule has 0 spiro atoms. The van der Waals surface area contributed by atoms with Crippen molar-refractivity contribution in [3.8, 4) is 0 Å². The van der Waals surface area contributed by atoms with Gasteiger partial charge in [-0.1, -0.05) is 17.7 Å². The lowest BCUT2D eigenvalue weighted by atomic mass is 10.1. The van der Waals surface area contributed by atoms with Gasteiger partial charge in [-0.3, -0.25) is 0 Å². The highest BCUT2D eigenvalue weighted by Crippen LogP contribution is 2.21. The molecule has 0 saturated heterocycles. The van der Waals surface area contributed by atoms with Crippen LogP contribution in [0.25, 0.3) is 0 Å². The van der Waals surface area contributed by atoms with Crippen molar-refractivity contribution in [3.63, 3.8) is 0 Å². The van der Waals surface area contributed by atoms with Crippen molar-refractivity contribution in [1.82, 2.24) is 15.3 Å². The zero-order valence-corrected chi connectivity index (χ0v) is 11.6. The zero-order chi connectivity index (χ0) is 13.9. The van der Waals surface area contributed by atoms with Gasteiger partial charge in [0.2, 0.25) is 5.95 Å². The average Bonchev–Trinajstić information content (AvgIpc) is 2.67. The Morgan fingerprint density at radius 2 is 1.85 bits per heavy atom. The smallest absolute Gasteiger partial charge is 0.229 e. The van der Waals surface area contributed by atoms with Crippen molar-refractivity contribution >= 4 is 17.5 Å². The lowest BCUT2D eigenvalue weighted by Gasteiger charge is -2.11. The van der Waals surface area contributed by atoms with Gasteiger partial charge in [-0.15, -0.1) is 0 Å². The summed E-state index contributed by atoms with van der Waals surface area (Å²) >= 11 is 0. The molecule has 0 atom stereocenters. The maximum absolute atomic E-state index is 6.07. The van der Waals surface area contributed by atoms with E-state index >= 15 is 0 Å². The minimum atomic E-state index is 0.576. The van der Waals surface area contributed by atoms with Crippen molar-refractivity contribution in [1.29, 1.82) is 0 Å². The van der Waals surface area contributed by atoms with Crippen LogP contribution in [0.3, 0.4) is 0 Å². The molecule has 0 saturated carbocycles. The van der Waals surface area contributed by atoms with Crippen LogP contribution in [0.4, 0.5) is 17.5 Å². The molecule has 1 aliphatic heterocycles. The second-order valence-corrected chi connectivity index (χ2v) is 5.10. The molecule has 0 bridgehead atoms. The van der Waals surface area contributed by atoms with E-state index in [2.05, 4.69) is 39.7 Å². The number of nitrogen functional groups attached to an aromatic ring is 1. The Kier molecular flexibility index (Phi) is 3.52. The Morgan fingerprint density at radius 1 is 1.10 bits per heavy atom. The number of hydrogen-bond acceptors (Lipinski definition) is 5. The predicted octanol–water partition coefficient (Wildman–Crippen LogP) is 1.80. The highest BCUT2D eigenvalue weighted by atomic mass is 15.1. The van der Waals surface area contributed by atoms with E-state index in [4.69, 9.17) is 5.73 Å². The topological polar surface area (TPSA) is 75.9 Å². The number of hydrogen-bond donors (Lipinski definition) is 3. The van der Waals surface area contributed by atoms with Crippen LogP contribution in [0.2, 0.25) is 0 Å². The number of nitrogens with zero attached hydrogens (tertiary/aromatic N) is 2. The summed E-state index contributed by atoms with van der Waals surface area (Å²) in [6.07, 6.45) is 1.79. The fourth-order valence-corrected chi connectivity index (χ4v) is 2.40. The first-order chi connectivity index (χ1) is 9.72. The number of fused-ring (bicyclic) bond motifs is 1. The monoisotopic (exact) mass is 269 g/mol. The van der Waals surface area contributed by atoms with Crippen molar-refractivity contribution in [2.45, 2.75) is 19.8 Å². The quantitative estimate of drug-likeness (QED) is 0.775. The van der Waals surface area contributed by atoms with Gasteiger partial charge in [0.1, 0.15) is 5.82 Å². The molecule has 3 rings (SSSR count). The lowest BCUT2D eigenvalue weighted by molar-refractivity contribution is 0.708. The molecule has 0 fully saturated rings. The van der Waals surface area contributed by atoms with Crippen LogP contribution < -0.4 is 16.4 Å². The van der Waals surface area contributed by atoms with Gasteiger partial charge >= 0.3 is 0 Å². The van der Waals surface area contributed by atoms with E-state index in [-0.39, 0.29) is 0 Å². The van der Waals surface area contributed by atoms with Gasteiger partial charge in [0.25, 0.3) is 0 Å². The summed E-state index contributed by atoms with van der Waals surface area (Å²) in [4.78, 5) is 8.98. The predicted molar refractivity (Wildman–Crippen MR) is 81.2 cm³/mol. The molecule has 5 heteroatoms. The van der Waals surface area contributed by atoms with Gasteiger partial charge < -0.3 is 16.4 Å². The van der Waals surface area contributed by atoms with Gasteiger partial charge in [-0.25, -0.2) is 4.98 Å². The normalized spacial score (nSPS) is 14.4. The summed E-state index contributed by atoms with van der Waals surface area (Å²) in [6.45, 7) is 3.94. The summed E-state index contributed by atoms with van der Waals surface area (Å²) in [5.74, 6) is 1.17. The average molecular weight is 269 g/mol. The van der Waals surface area contributed by atoms with Crippen molar-refractivity contribution in [2.75, 3.05) is 24.1 Å². The largest absolute Gasteiger partial charge is 0.383 e. The minimum absolute atomic E-state index is 0.576. The van der Waals surface area contributed by atoms with E-state index in [9.17, 15) is 0 Å². The summed E-state index contributed by atoms with van der Waals surface area (Å²) < 4.78 is 0. The van der Waals surface area contributed by atoms with Crippen LogP contribution in [0.15, 0.2) is 24.3 Å². The molecule has 2 aromatic rings. The molecular weight excluding hydrogens is 250 g/mol. The Labute approximate surface area is 118 Å². The van der Waals surface area contributed by atoms with Crippen molar-refractivity contribution in [3.05, 3.63) is 41.1 Å². The highest BCUT2D eigenvalue weighted by Gasteiger charge is 2.14. The van der Waals surface area contributed by atoms with E-state index in [0.29, 0.717) is 11.8 Å². The molecule has 20 heavy (non-hydrogen) atoms. The third-order valence-corrected chi connectivity index (χ3v) is 3.52. The number of rotatable bonds is 2. The summed E-state index contributed by atoms with van der Waals surface area (Å²) in [5, 5.41) is 6.57. The Bertz CT molecular complexity index is 606. The van der Waals surface area contributed by atoms with Crippen LogP contribution in [0.1, 0.15) is 16.8 Å². The number of aryl methyl sites for hydroxylation is 1. The van der Waals surface area contributed by atoms with Crippen molar-refractivity contribution in [2.24, 2.45) is 0 Å². The molecule has 0 amide bonds. The highest BCUT2D eigenvalue weighted by molar-refractivity contribution is 5.57. The maximum atomic E-state index is 6.07. The fraction of sp³-hybridized carbons (Fsp3) is 0.333. The summed E-state index contributed by atoms with van der Waals surface area (Å²) in [7, 11) is 0. The molecule has 0 radical (unpaired) electrons. The summed E-state index contributed by atoms with van der Waals surface area (Å²) in [5.41, 5.74) is 10.4. The van der Waals surface area contributed by atoms with E-state index in [1.807, 2.05) is 12.1 Å². The van der Waals surface area contributed by atoms with E-state index < -0.39 is 0 Å². The molecule has 0 unspecified atom stereocenters. The van der Waals surface area contributed by atoms with Crippen LogP contribution in [0, 0.1) is 6.92 Å². The standard InChI is InChI=1S/C15H19N5/c1-10-2-4-11(5-3-10)18-15-19-13-7-9-17-8-6-12(13)14(16)20-15/h2-5,17H,6-9H2,1H3,(H3,16,18,19,20). The maximum Gasteiger partial charge on any atom is 0.229 e. The number of benzene rings is 1. The van der Waals surface area contributed by atoms with Crippen LogP contribution in [-0.4, -0.2) is 23.1 Å². The van der Waals surface area contributed by atoms with E-state index in [1.165, 1.54) is 5.56 Å². The molecule has 104 valence electrons. The van der Waals surface area contributed by atoms with Crippen LogP contribution >= 0.6 is 0 Å². The van der Waals surface area contributed by atoms with Crippen molar-refractivity contribution < 1.29 is 0 Å². The Balaban J connectivity index is 1.89. The number of nitrogens with two attached hydrogens (primary N) is 1. The molecule has 1 aliphatic rings. The second kappa shape index (κ2) is 5.46. The minimum Gasteiger partial charge on any atom is -0.383 e. The van der Waals surface area contributed by atoms with Crippen LogP contribution in [0.5, 0.6) is 0 Å². The van der Waals surface area contributed by atoms with Crippen LogP contribution in [-0.2, 0) is 12.8 Å². The second-order valence-electron chi connectivity index (χ2n) is 5.10. The SMILES string of the molecule is Cc1ccc(Nc2nc(N)c3c(n2)CCNCC3)cc1. The molecular formula is C15H19N5. The van der Waals surface area contributed by atoms with Gasteiger partial charge in [0, 0.05) is 24.2 Å².